The zero-order chi connectivity index (χ0) is 10.1. The Morgan fingerprint density at radius 1 is 1.69 bits per heavy atom. The molecule has 1 saturated carbocycles. The zero-order valence-electron chi connectivity index (χ0n) is 8.26. The molecule has 0 aromatic carbocycles. The van der Waals surface area contributed by atoms with Crippen molar-refractivity contribution in [3.05, 3.63) is 0 Å². The number of nitrogens with one attached hydrogen (secondary N) is 1. The Morgan fingerprint density at radius 2 is 2.31 bits per heavy atom. The molecule has 1 amide bonds. The van der Waals surface area contributed by atoms with Crippen molar-refractivity contribution in [1.82, 2.24) is 5.32 Å². The summed E-state index contributed by atoms with van der Waals surface area (Å²) in [7, 11) is 1.70. The van der Waals surface area contributed by atoms with Gasteiger partial charge in [0, 0.05) is 18.6 Å². The first kappa shape index (κ1) is 10.8. The Bertz CT molecular complexity index is 206. The number of alkyl halides is 1. The molecule has 0 heterocycles. The van der Waals surface area contributed by atoms with E-state index in [4.69, 9.17) is 16.3 Å². The Kier molecular flexibility index (Phi) is 3.19. The van der Waals surface area contributed by atoms with Crippen LogP contribution in [0, 0.1) is 5.41 Å². The third kappa shape index (κ3) is 1.97. The second-order valence-electron chi connectivity index (χ2n) is 4.04. The standard InChI is InChI=1S/C9H16ClNO2/c1-9(2)6(4-7(9)13-3)11-8(12)5-10/h6-7H,4-5H2,1-3H3,(H,11,12). The van der Waals surface area contributed by atoms with Gasteiger partial charge < -0.3 is 10.1 Å². The van der Waals surface area contributed by atoms with Crippen molar-refractivity contribution in [3.63, 3.8) is 0 Å². The van der Waals surface area contributed by atoms with Gasteiger partial charge in [-0.25, -0.2) is 0 Å². The maximum atomic E-state index is 11.0. The molecule has 1 N–H and O–H groups in total. The molecule has 0 aliphatic heterocycles. The monoisotopic (exact) mass is 205 g/mol. The van der Waals surface area contributed by atoms with Gasteiger partial charge in [-0.15, -0.1) is 11.6 Å². The van der Waals surface area contributed by atoms with Crippen LogP contribution in [0.1, 0.15) is 20.3 Å². The van der Waals surface area contributed by atoms with E-state index in [0.717, 1.165) is 6.42 Å². The zero-order valence-corrected chi connectivity index (χ0v) is 9.02. The SMILES string of the molecule is COC1CC(NC(=O)CCl)C1(C)C. The lowest BCUT2D eigenvalue weighted by Crippen LogP contribution is -2.62. The third-order valence-electron chi connectivity index (χ3n) is 2.92. The van der Waals surface area contributed by atoms with Gasteiger partial charge in [0.2, 0.25) is 5.91 Å². The van der Waals surface area contributed by atoms with Gasteiger partial charge >= 0.3 is 0 Å². The van der Waals surface area contributed by atoms with Crippen LogP contribution in [0.15, 0.2) is 0 Å². The van der Waals surface area contributed by atoms with Crippen LogP contribution in [0.5, 0.6) is 0 Å². The fourth-order valence-corrected chi connectivity index (χ4v) is 1.84. The van der Waals surface area contributed by atoms with Crippen LogP contribution in [0.2, 0.25) is 0 Å². The van der Waals surface area contributed by atoms with Gasteiger partial charge in [0.1, 0.15) is 5.88 Å². The van der Waals surface area contributed by atoms with Gasteiger partial charge in [-0.3, -0.25) is 4.79 Å². The molecule has 3 nitrogen and oxygen atoms in total. The molecule has 0 saturated heterocycles. The molecule has 2 unspecified atom stereocenters. The Hall–Kier alpha value is -0.280. The lowest BCUT2D eigenvalue weighted by atomic mass is 9.64. The Balaban J connectivity index is 2.44. The van der Waals surface area contributed by atoms with E-state index >= 15 is 0 Å². The van der Waals surface area contributed by atoms with Crippen molar-refractivity contribution in [3.8, 4) is 0 Å². The molecule has 1 aliphatic carbocycles. The summed E-state index contributed by atoms with van der Waals surface area (Å²) in [6, 6.07) is 0.198. The minimum Gasteiger partial charge on any atom is -0.381 e. The maximum absolute atomic E-state index is 11.0. The molecule has 1 aliphatic rings. The van der Waals surface area contributed by atoms with Gasteiger partial charge in [-0.1, -0.05) is 13.8 Å². The van der Waals surface area contributed by atoms with E-state index < -0.39 is 0 Å². The summed E-state index contributed by atoms with van der Waals surface area (Å²) in [4.78, 5) is 11.0. The van der Waals surface area contributed by atoms with Gasteiger partial charge in [-0.2, -0.15) is 0 Å². The summed E-state index contributed by atoms with van der Waals surface area (Å²) in [6.07, 6.45) is 1.12. The van der Waals surface area contributed by atoms with E-state index in [9.17, 15) is 4.79 Å². The van der Waals surface area contributed by atoms with Crippen molar-refractivity contribution >= 4 is 17.5 Å². The first-order valence-corrected chi connectivity index (χ1v) is 4.94. The lowest BCUT2D eigenvalue weighted by molar-refractivity contribution is -0.130. The lowest BCUT2D eigenvalue weighted by Gasteiger charge is -2.51. The quantitative estimate of drug-likeness (QED) is 0.703. The minimum absolute atomic E-state index is 0.0243. The number of hydrogen-bond acceptors (Lipinski definition) is 2. The molecule has 13 heavy (non-hydrogen) atoms. The number of rotatable bonds is 3. The molecule has 1 fully saturated rings. The fraction of sp³-hybridized carbons (Fsp3) is 0.889. The molecule has 4 heteroatoms. The first-order valence-electron chi connectivity index (χ1n) is 4.40. The van der Waals surface area contributed by atoms with Crippen molar-refractivity contribution in [1.29, 1.82) is 0 Å². The molecule has 0 spiro atoms. The largest absolute Gasteiger partial charge is 0.381 e. The summed E-state index contributed by atoms with van der Waals surface area (Å²) in [6.45, 7) is 4.17. The van der Waals surface area contributed by atoms with Crippen LogP contribution in [-0.4, -0.2) is 31.0 Å². The number of carbonyl (C=O) groups excluding carboxylic acids is 1. The first-order chi connectivity index (χ1) is 6.02. The molecule has 0 aromatic heterocycles. The van der Waals surface area contributed by atoms with Crippen LogP contribution >= 0.6 is 11.6 Å². The van der Waals surface area contributed by atoms with E-state index in [1.54, 1.807) is 7.11 Å². The van der Waals surface area contributed by atoms with Gasteiger partial charge in [-0.05, 0) is 6.42 Å². The van der Waals surface area contributed by atoms with Crippen molar-refractivity contribution in [2.45, 2.75) is 32.4 Å². The number of hydrogen-bond donors (Lipinski definition) is 1. The van der Waals surface area contributed by atoms with Crippen LogP contribution < -0.4 is 5.32 Å². The highest BCUT2D eigenvalue weighted by atomic mass is 35.5. The van der Waals surface area contributed by atoms with Gasteiger partial charge in [0.05, 0.1) is 6.10 Å². The smallest absolute Gasteiger partial charge is 0.235 e. The van der Waals surface area contributed by atoms with E-state index in [0.29, 0.717) is 0 Å². The summed E-state index contributed by atoms with van der Waals surface area (Å²) in [5.74, 6) is -0.0705. The van der Waals surface area contributed by atoms with Crippen molar-refractivity contribution < 1.29 is 9.53 Å². The van der Waals surface area contributed by atoms with Gasteiger partial charge in [0.25, 0.3) is 0 Å². The van der Waals surface area contributed by atoms with Crippen LogP contribution in [0.3, 0.4) is 0 Å². The van der Waals surface area contributed by atoms with Crippen molar-refractivity contribution in [2.75, 3.05) is 13.0 Å². The average molecular weight is 206 g/mol. The highest BCUT2D eigenvalue weighted by molar-refractivity contribution is 6.27. The summed E-state index contributed by atoms with van der Waals surface area (Å²) >= 11 is 5.40. The average Bonchev–Trinajstić information content (AvgIpc) is 2.10. The molecule has 1 rings (SSSR count). The third-order valence-corrected chi connectivity index (χ3v) is 3.16. The minimum atomic E-state index is -0.103. The molecular weight excluding hydrogens is 190 g/mol. The van der Waals surface area contributed by atoms with Crippen LogP contribution in [0.25, 0.3) is 0 Å². The fourth-order valence-electron chi connectivity index (χ4n) is 1.76. The van der Waals surface area contributed by atoms with Gasteiger partial charge in [0.15, 0.2) is 0 Å². The van der Waals surface area contributed by atoms with Crippen molar-refractivity contribution in [2.24, 2.45) is 5.41 Å². The number of carbonyl (C=O) groups is 1. The summed E-state index contributed by atoms with van der Waals surface area (Å²) in [5.41, 5.74) is 0.0243. The predicted molar refractivity (Wildman–Crippen MR) is 51.8 cm³/mol. The Labute approximate surface area is 83.8 Å². The molecule has 76 valence electrons. The van der Waals surface area contributed by atoms with E-state index in [1.165, 1.54) is 0 Å². The number of methoxy groups -OCH3 is 1. The number of halogens is 1. The van der Waals surface area contributed by atoms with E-state index in [2.05, 4.69) is 19.2 Å². The normalized spacial score (nSPS) is 30.8. The second-order valence-corrected chi connectivity index (χ2v) is 4.30. The van der Waals surface area contributed by atoms with Crippen LogP contribution in [-0.2, 0) is 9.53 Å². The number of ether oxygens (including phenoxy) is 1. The molecule has 0 radical (unpaired) electrons. The maximum Gasteiger partial charge on any atom is 0.235 e. The molecular formula is C9H16ClNO2. The number of amides is 1. The Morgan fingerprint density at radius 3 is 2.69 bits per heavy atom. The van der Waals surface area contributed by atoms with E-state index in [1.807, 2.05) is 0 Å². The second kappa shape index (κ2) is 3.84. The molecule has 2 atom stereocenters. The van der Waals surface area contributed by atoms with E-state index in [-0.39, 0.29) is 29.3 Å². The highest BCUT2D eigenvalue weighted by Gasteiger charge is 2.49. The highest BCUT2D eigenvalue weighted by Crippen LogP contribution is 2.42. The molecule has 0 aromatic rings. The predicted octanol–water partition coefficient (Wildman–Crippen LogP) is 1.15. The topological polar surface area (TPSA) is 38.3 Å². The van der Waals surface area contributed by atoms with Crippen LogP contribution in [0.4, 0.5) is 0 Å². The summed E-state index contributed by atoms with van der Waals surface area (Å²) in [5, 5.41) is 2.87. The summed E-state index contributed by atoms with van der Waals surface area (Å²) < 4.78 is 5.26. The molecule has 0 bridgehead atoms.